The summed E-state index contributed by atoms with van der Waals surface area (Å²) in [6.07, 6.45) is 0. The molecule has 0 spiro atoms. The maximum Gasteiger partial charge on any atom is 0.129 e. The first-order chi connectivity index (χ1) is 8.57. The molecule has 1 aliphatic rings. The Morgan fingerprint density at radius 1 is 1.39 bits per heavy atom. The Bertz CT molecular complexity index is 580. The number of nitrogens with zero attached hydrogens (tertiary/aromatic N) is 3. The summed E-state index contributed by atoms with van der Waals surface area (Å²) >= 11 is 7.60. The molecule has 0 saturated carbocycles. The lowest BCUT2D eigenvalue weighted by atomic mass is 10.0. The largest absolute Gasteiger partial charge is 0.365 e. The molecule has 96 valence electrons. The van der Waals surface area contributed by atoms with Gasteiger partial charge in [-0.05, 0) is 26.0 Å². The molecule has 1 aromatic carbocycles. The van der Waals surface area contributed by atoms with Gasteiger partial charge in [-0.3, -0.25) is 0 Å². The molecule has 0 amide bonds. The molecular formula is C12H15ClN4S. The van der Waals surface area contributed by atoms with Crippen LogP contribution in [0.4, 0.5) is 5.69 Å². The van der Waals surface area contributed by atoms with Crippen molar-refractivity contribution in [2.75, 3.05) is 24.5 Å². The van der Waals surface area contributed by atoms with E-state index in [2.05, 4.69) is 32.8 Å². The lowest BCUT2D eigenvalue weighted by molar-refractivity contribution is 0.353. The molecule has 1 aromatic heterocycles. The van der Waals surface area contributed by atoms with Crippen LogP contribution in [-0.4, -0.2) is 33.9 Å². The second-order valence-electron chi connectivity index (χ2n) is 5.26. The highest BCUT2D eigenvalue weighted by atomic mass is 35.5. The first-order valence-corrected chi connectivity index (χ1v) is 7.08. The van der Waals surface area contributed by atoms with Crippen molar-refractivity contribution in [3.05, 3.63) is 17.2 Å². The van der Waals surface area contributed by atoms with Crippen LogP contribution in [0.1, 0.15) is 13.8 Å². The van der Waals surface area contributed by atoms with E-state index in [1.54, 1.807) is 0 Å². The van der Waals surface area contributed by atoms with Crippen LogP contribution in [-0.2, 0) is 0 Å². The predicted molar refractivity (Wildman–Crippen MR) is 76.7 cm³/mol. The molecule has 0 unspecified atom stereocenters. The standard InChI is InChI=1S/C12H15ClN4S/c1-12(2)7-17(6-5-14-12)11-8(13)3-4-9-10(11)16-18-15-9/h3-4,14H,5-7H2,1-2H3. The van der Waals surface area contributed by atoms with E-state index in [1.165, 1.54) is 11.7 Å². The minimum Gasteiger partial charge on any atom is -0.365 e. The molecular weight excluding hydrogens is 268 g/mol. The van der Waals surface area contributed by atoms with Crippen molar-refractivity contribution in [3.63, 3.8) is 0 Å². The summed E-state index contributed by atoms with van der Waals surface area (Å²) in [5, 5.41) is 4.26. The van der Waals surface area contributed by atoms with Crippen molar-refractivity contribution in [2.45, 2.75) is 19.4 Å². The lowest BCUT2D eigenvalue weighted by Crippen LogP contribution is -2.57. The molecule has 1 N–H and O–H groups in total. The number of anilines is 1. The first kappa shape index (κ1) is 12.1. The van der Waals surface area contributed by atoms with E-state index in [0.717, 1.165) is 41.4 Å². The van der Waals surface area contributed by atoms with Gasteiger partial charge in [0.25, 0.3) is 0 Å². The number of benzene rings is 1. The number of halogens is 1. The van der Waals surface area contributed by atoms with Crippen molar-refractivity contribution in [3.8, 4) is 0 Å². The van der Waals surface area contributed by atoms with Gasteiger partial charge in [0, 0.05) is 25.2 Å². The number of fused-ring (bicyclic) bond motifs is 1. The van der Waals surface area contributed by atoms with Crippen molar-refractivity contribution >= 4 is 40.0 Å². The molecule has 1 saturated heterocycles. The zero-order chi connectivity index (χ0) is 12.8. The number of nitrogens with one attached hydrogen (secondary N) is 1. The quantitative estimate of drug-likeness (QED) is 0.873. The molecule has 1 aliphatic heterocycles. The third-order valence-corrected chi connectivity index (χ3v) is 4.09. The molecule has 0 radical (unpaired) electrons. The SMILES string of the molecule is CC1(C)CN(c2c(Cl)ccc3nsnc23)CCN1. The number of hydrogen-bond donors (Lipinski definition) is 1. The van der Waals surface area contributed by atoms with Crippen molar-refractivity contribution < 1.29 is 0 Å². The molecule has 0 aliphatic carbocycles. The summed E-state index contributed by atoms with van der Waals surface area (Å²) in [4.78, 5) is 2.31. The van der Waals surface area contributed by atoms with E-state index in [-0.39, 0.29) is 5.54 Å². The normalized spacial score (nSPS) is 19.4. The smallest absolute Gasteiger partial charge is 0.129 e. The highest BCUT2D eigenvalue weighted by Crippen LogP contribution is 2.34. The van der Waals surface area contributed by atoms with E-state index in [0.29, 0.717) is 0 Å². The van der Waals surface area contributed by atoms with Crippen LogP contribution in [0.3, 0.4) is 0 Å². The minimum atomic E-state index is 0.0905. The number of piperazine rings is 1. The fourth-order valence-corrected chi connectivity index (χ4v) is 3.26. The summed E-state index contributed by atoms with van der Waals surface area (Å²) in [7, 11) is 0. The molecule has 2 aromatic rings. The van der Waals surface area contributed by atoms with Crippen LogP contribution in [0.5, 0.6) is 0 Å². The van der Waals surface area contributed by atoms with Crippen molar-refractivity contribution in [2.24, 2.45) is 0 Å². The Balaban J connectivity index is 2.07. The molecule has 4 nitrogen and oxygen atoms in total. The third kappa shape index (κ3) is 2.06. The van der Waals surface area contributed by atoms with Gasteiger partial charge in [0.15, 0.2) is 0 Å². The van der Waals surface area contributed by atoms with Crippen LogP contribution < -0.4 is 10.2 Å². The zero-order valence-electron chi connectivity index (χ0n) is 10.4. The predicted octanol–water partition coefficient (Wildman–Crippen LogP) is 2.53. The van der Waals surface area contributed by atoms with Crippen molar-refractivity contribution in [1.29, 1.82) is 0 Å². The van der Waals surface area contributed by atoms with Gasteiger partial charge in [-0.1, -0.05) is 11.6 Å². The Hall–Kier alpha value is -0.910. The average molecular weight is 283 g/mol. The summed E-state index contributed by atoms with van der Waals surface area (Å²) in [6, 6.07) is 3.84. The Labute approximate surface area is 115 Å². The van der Waals surface area contributed by atoms with E-state index < -0.39 is 0 Å². The fraction of sp³-hybridized carbons (Fsp3) is 0.500. The molecule has 6 heteroatoms. The fourth-order valence-electron chi connectivity index (χ4n) is 2.45. The minimum absolute atomic E-state index is 0.0905. The van der Waals surface area contributed by atoms with E-state index >= 15 is 0 Å². The van der Waals surface area contributed by atoms with E-state index in [4.69, 9.17) is 11.6 Å². The van der Waals surface area contributed by atoms with E-state index in [1.807, 2.05) is 12.1 Å². The highest BCUT2D eigenvalue weighted by molar-refractivity contribution is 7.00. The lowest BCUT2D eigenvalue weighted by Gasteiger charge is -2.40. The Morgan fingerprint density at radius 2 is 2.22 bits per heavy atom. The first-order valence-electron chi connectivity index (χ1n) is 5.98. The van der Waals surface area contributed by atoms with Gasteiger partial charge in [0.2, 0.25) is 0 Å². The maximum absolute atomic E-state index is 6.36. The second kappa shape index (κ2) is 4.33. The van der Waals surface area contributed by atoms with Crippen LogP contribution >= 0.6 is 23.3 Å². The highest BCUT2D eigenvalue weighted by Gasteiger charge is 2.28. The van der Waals surface area contributed by atoms with Crippen LogP contribution in [0.2, 0.25) is 5.02 Å². The zero-order valence-corrected chi connectivity index (χ0v) is 12.0. The molecule has 2 heterocycles. The number of aromatic nitrogens is 2. The summed E-state index contributed by atoms with van der Waals surface area (Å²) < 4.78 is 8.67. The van der Waals surface area contributed by atoms with Gasteiger partial charge in [-0.25, -0.2) is 0 Å². The molecule has 1 fully saturated rings. The Morgan fingerprint density at radius 3 is 3.00 bits per heavy atom. The van der Waals surface area contributed by atoms with Gasteiger partial charge >= 0.3 is 0 Å². The maximum atomic E-state index is 6.36. The number of hydrogen-bond acceptors (Lipinski definition) is 5. The van der Waals surface area contributed by atoms with Gasteiger partial charge in [0.1, 0.15) is 11.0 Å². The van der Waals surface area contributed by atoms with Gasteiger partial charge in [-0.2, -0.15) is 8.75 Å². The van der Waals surface area contributed by atoms with Gasteiger partial charge in [0.05, 0.1) is 22.4 Å². The average Bonchev–Trinajstić information content (AvgIpc) is 2.75. The summed E-state index contributed by atoms with van der Waals surface area (Å²) in [6.45, 7) is 7.22. The molecule has 0 atom stereocenters. The summed E-state index contributed by atoms with van der Waals surface area (Å²) in [5.74, 6) is 0. The van der Waals surface area contributed by atoms with Crippen LogP contribution in [0, 0.1) is 0 Å². The molecule has 0 bridgehead atoms. The topological polar surface area (TPSA) is 41.1 Å². The molecule has 3 rings (SSSR count). The Kier molecular flexibility index (Phi) is 2.92. The van der Waals surface area contributed by atoms with Crippen LogP contribution in [0.25, 0.3) is 11.0 Å². The van der Waals surface area contributed by atoms with Gasteiger partial charge in [-0.15, -0.1) is 0 Å². The van der Waals surface area contributed by atoms with E-state index in [9.17, 15) is 0 Å². The van der Waals surface area contributed by atoms with Gasteiger partial charge < -0.3 is 10.2 Å². The molecule has 18 heavy (non-hydrogen) atoms. The third-order valence-electron chi connectivity index (χ3n) is 3.24. The summed E-state index contributed by atoms with van der Waals surface area (Å²) in [5.41, 5.74) is 2.96. The van der Waals surface area contributed by atoms with Crippen molar-refractivity contribution in [1.82, 2.24) is 14.1 Å². The second-order valence-corrected chi connectivity index (χ2v) is 6.20. The number of rotatable bonds is 1. The van der Waals surface area contributed by atoms with Crippen LogP contribution in [0.15, 0.2) is 12.1 Å². The monoisotopic (exact) mass is 282 g/mol.